The van der Waals surface area contributed by atoms with Gasteiger partial charge in [0.05, 0.1) is 11.1 Å². The van der Waals surface area contributed by atoms with Crippen LogP contribution in [0, 0.1) is 10.1 Å². The molecule has 0 saturated carbocycles. The molecule has 0 aromatic carbocycles. The third-order valence-corrected chi connectivity index (χ3v) is 2.20. The Balaban J connectivity index is 3.58. The minimum atomic E-state index is -0.832. The second-order valence-corrected chi connectivity index (χ2v) is 3.30. The van der Waals surface area contributed by atoms with Crippen molar-refractivity contribution in [3.63, 3.8) is 0 Å². The van der Waals surface area contributed by atoms with Gasteiger partial charge in [-0.15, -0.1) is 0 Å². The predicted octanol–water partition coefficient (Wildman–Crippen LogP) is 0.348. The standard InChI is InChI=1S/C9H13N3O4/c1-3-5-11-8(13)7(12(15)16)6-10(4-2)9(11)14/h6H,3-5H2,1-2H3. The summed E-state index contributed by atoms with van der Waals surface area (Å²) in [5.74, 6) is 0. The van der Waals surface area contributed by atoms with Gasteiger partial charge in [-0.25, -0.2) is 4.79 Å². The molecule has 0 spiro atoms. The molecule has 1 aromatic rings. The van der Waals surface area contributed by atoms with Crippen LogP contribution in [0.3, 0.4) is 0 Å². The van der Waals surface area contributed by atoms with Crippen LogP contribution in [0.4, 0.5) is 5.69 Å². The van der Waals surface area contributed by atoms with E-state index >= 15 is 0 Å². The average Bonchev–Trinajstić information content (AvgIpc) is 2.24. The molecule has 1 aromatic heterocycles. The van der Waals surface area contributed by atoms with Crippen molar-refractivity contribution in [3.8, 4) is 0 Å². The second kappa shape index (κ2) is 4.73. The number of aryl methyl sites for hydroxylation is 1. The van der Waals surface area contributed by atoms with Crippen LogP contribution in [0.1, 0.15) is 20.3 Å². The van der Waals surface area contributed by atoms with E-state index in [9.17, 15) is 19.7 Å². The Hall–Kier alpha value is -1.92. The number of rotatable bonds is 4. The summed E-state index contributed by atoms with van der Waals surface area (Å²) >= 11 is 0. The smallest absolute Gasteiger partial charge is 0.294 e. The third kappa shape index (κ3) is 2.02. The minimum Gasteiger partial charge on any atom is -0.294 e. The van der Waals surface area contributed by atoms with Crippen molar-refractivity contribution in [2.24, 2.45) is 0 Å². The zero-order valence-electron chi connectivity index (χ0n) is 9.17. The molecule has 0 aliphatic rings. The molecule has 0 unspecified atom stereocenters. The molecule has 0 amide bonds. The molecule has 7 nitrogen and oxygen atoms in total. The van der Waals surface area contributed by atoms with Crippen molar-refractivity contribution < 1.29 is 4.92 Å². The topological polar surface area (TPSA) is 87.1 Å². The van der Waals surface area contributed by atoms with Crippen LogP contribution in [0.15, 0.2) is 15.8 Å². The predicted molar refractivity (Wildman–Crippen MR) is 57.6 cm³/mol. The van der Waals surface area contributed by atoms with Crippen LogP contribution < -0.4 is 11.2 Å². The molecule has 0 atom stereocenters. The second-order valence-electron chi connectivity index (χ2n) is 3.30. The lowest BCUT2D eigenvalue weighted by Crippen LogP contribution is -2.40. The molecule has 0 N–H and O–H groups in total. The fourth-order valence-corrected chi connectivity index (χ4v) is 1.41. The normalized spacial score (nSPS) is 10.4. The quantitative estimate of drug-likeness (QED) is 0.548. The lowest BCUT2D eigenvalue weighted by atomic mass is 10.4. The molecule has 0 aliphatic carbocycles. The van der Waals surface area contributed by atoms with Crippen LogP contribution in [-0.4, -0.2) is 14.1 Å². The first-order valence-corrected chi connectivity index (χ1v) is 5.01. The van der Waals surface area contributed by atoms with Gasteiger partial charge < -0.3 is 0 Å². The molecule has 1 heterocycles. The Kier molecular flexibility index (Phi) is 3.60. The van der Waals surface area contributed by atoms with Crippen molar-refractivity contribution in [1.29, 1.82) is 0 Å². The molecule has 16 heavy (non-hydrogen) atoms. The van der Waals surface area contributed by atoms with Crippen molar-refractivity contribution in [3.05, 3.63) is 37.1 Å². The van der Waals surface area contributed by atoms with Gasteiger partial charge in [-0.2, -0.15) is 0 Å². The third-order valence-electron chi connectivity index (χ3n) is 2.20. The summed E-state index contributed by atoms with van der Waals surface area (Å²) in [6.07, 6.45) is 1.57. The van der Waals surface area contributed by atoms with E-state index in [1.807, 2.05) is 0 Å². The minimum absolute atomic E-state index is 0.194. The van der Waals surface area contributed by atoms with Crippen LogP contribution in [-0.2, 0) is 13.1 Å². The summed E-state index contributed by atoms with van der Waals surface area (Å²) in [4.78, 5) is 33.2. The molecule has 88 valence electrons. The van der Waals surface area contributed by atoms with E-state index in [4.69, 9.17) is 0 Å². The van der Waals surface area contributed by atoms with E-state index in [-0.39, 0.29) is 6.54 Å². The molecule has 0 fully saturated rings. The Morgan fingerprint density at radius 3 is 2.44 bits per heavy atom. The molecule has 7 heteroatoms. The summed E-state index contributed by atoms with van der Waals surface area (Å²) in [6.45, 7) is 3.97. The Morgan fingerprint density at radius 1 is 1.38 bits per heavy atom. The molecule has 0 bridgehead atoms. The van der Waals surface area contributed by atoms with Crippen LogP contribution in [0.5, 0.6) is 0 Å². The highest BCUT2D eigenvalue weighted by Gasteiger charge is 2.18. The molecule has 0 saturated heterocycles. The Bertz CT molecular complexity index is 514. The zero-order chi connectivity index (χ0) is 12.3. The number of nitro groups is 1. The van der Waals surface area contributed by atoms with Crippen LogP contribution in [0.25, 0.3) is 0 Å². The first-order chi connectivity index (χ1) is 7.52. The summed E-state index contributed by atoms with van der Waals surface area (Å²) in [5.41, 5.74) is -1.89. The van der Waals surface area contributed by atoms with Gasteiger partial charge in [0.1, 0.15) is 0 Å². The van der Waals surface area contributed by atoms with Gasteiger partial charge in [-0.3, -0.25) is 24.0 Å². The van der Waals surface area contributed by atoms with E-state index in [1.165, 1.54) is 0 Å². The lowest BCUT2D eigenvalue weighted by Gasteiger charge is -2.06. The van der Waals surface area contributed by atoms with Gasteiger partial charge in [-0.1, -0.05) is 6.92 Å². The average molecular weight is 227 g/mol. The van der Waals surface area contributed by atoms with E-state index < -0.39 is 21.9 Å². The Labute approximate surface area is 91.1 Å². The largest absolute Gasteiger partial charge is 0.350 e. The van der Waals surface area contributed by atoms with Gasteiger partial charge in [0.15, 0.2) is 0 Å². The van der Waals surface area contributed by atoms with Crippen molar-refractivity contribution in [2.45, 2.75) is 33.4 Å². The SMILES string of the molecule is CCCn1c(=O)c([N+](=O)[O-])cn(CC)c1=O. The van der Waals surface area contributed by atoms with E-state index in [0.717, 1.165) is 15.3 Å². The summed E-state index contributed by atoms with van der Waals surface area (Å²) in [7, 11) is 0. The van der Waals surface area contributed by atoms with Crippen LogP contribution >= 0.6 is 0 Å². The maximum Gasteiger partial charge on any atom is 0.350 e. The van der Waals surface area contributed by atoms with Gasteiger partial charge in [0.25, 0.3) is 0 Å². The maximum absolute atomic E-state index is 11.7. The van der Waals surface area contributed by atoms with Crippen LogP contribution in [0.2, 0.25) is 0 Å². The highest BCUT2D eigenvalue weighted by molar-refractivity contribution is 5.21. The monoisotopic (exact) mass is 227 g/mol. The fraction of sp³-hybridized carbons (Fsp3) is 0.556. The van der Waals surface area contributed by atoms with E-state index in [2.05, 4.69) is 0 Å². The Morgan fingerprint density at radius 2 is 2.00 bits per heavy atom. The summed E-state index contributed by atoms with van der Waals surface area (Å²) in [6, 6.07) is 0. The van der Waals surface area contributed by atoms with Gasteiger partial charge >= 0.3 is 16.9 Å². The molecule has 0 aliphatic heterocycles. The summed E-state index contributed by atoms with van der Waals surface area (Å²) < 4.78 is 2.07. The van der Waals surface area contributed by atoms with Crippen molar-refractivity contribution >= 4 is 5.69 Å². The molecule has 0 radical (unpaired) electrons. The molecular formula is C9H13N3O4. The first kappa shape index (κ1) is 12.2. The van der Waals surface area contributed by atoms with E-state index in [0.29, 0.717) is 13.0 Å². The number of nitrogens with zero attached hydrogens (tertiary/aromatic N) is 3. The van der Waals surface area contributed by atoms with Crippen molar-refractivity contribution in [2.75, 3.05) is 0 Å². The van der Waals surface area contributed by atoms with Gasteiger partial charge in [0.2, 0.25) is 0 Å². The highest BCUT2D eigenvalue weighted by Crippen LogP contribution is 2.00. The van der Waals surface area contributed by atoms with Crippen molar-refractivity contribution in [1.82, 2.24) is 9.13 Å². The van der Waals surface area contributed by atoms with E-state index in [1.54, 1.807) is 13.8 Å². The van der Waals surface area contributed by atoms with Gasteiger partial charge in [0, 0.05) is 13.1 Å². The van der Waals surface area contributed by atoms with Gasteiger partial charge in [-0.05, 0) is 13.3 Å². The number of hydrogen-bond acceptors (Lipinski definition) is 4. The highest BCUT2D eigenvalue weighted by atomic mass is 16.6. The maximum atomic E-state index is 11.7. The summed E-state index contributed by atoms with van der Waals surface area (Å²) in [5, 5.41) is 10.6. The fourth-order valence-electron chi connectivity index (χ4n) is 1.41. The molecular weight excluding hydrogens is 214 g/mol. The number of aromatic nitrogens is 2. The lowest BCUT2D eigenvalue weighted by molar-refractivity contribution is -0.387. The zero-order valence-corrected chi connectivity index (χ0v) is 9.17. The molecule has 1 rings (SSSR count). The number of hydrogen-bond donors (Lipinski definition) is 0. The first-order valence-electron chi connectivity index (χ1n) is 5.01.